The lowest BCUT2D eigenvalue weighted by atomic mass is 10.2. The normalized spacial score (nSPS) is 18.3. The standard InChI is InChI=1S/C17H18F2N4O3S/c1-2-23(12-6-8-27(25,26)10-12)17-20-7-5-15(22-17)16(24)21-14-4-3-11(18)9-13(14)19/h3-5,7,9,12H,2,6,8,10H2,1H3,(H,21,24). The van der Waals surface area contributed by atoms with E-state index >= 15 is 0 Å². The first kappa shape index (κ1) is 19.2. The van der Waals surface area contributed by atoms with Gasteiger partial charge in [0.05, 0.1) is 17.2 Å². The molecule has 1 aromatic carbocycles. The molecular formula is C17H18F2N4O3S. The summed E-state index contributed by atoms with van der Waals surface area (Å²) < 4.78 is 50.1. The van der Waals surface area contributed by atoms with Crippen molar-refractivity contribution in [3.63, 3.8) is 0 Å². The fourth-order valence-corrected chi connectivity index (χ4v) is 4.71. The summed E-state index contributed by atoms with van der Waals surface area (Å²) in [5.41, 5.74) is -0.182. The Morgan fingerprint density at radius 1 is 1.33 bits per heavy atom. The minimum atomic E-state index is -3.08. The molecule has 2 heterocycles. The van der Waals surface area contributed by atoms with Gasteiger partial charge in [0.25, 0.3) is 5.91 Å². The quantitative estimate of drug-likeness (QED) is 0.831. The van der Waals surface area contributed by atoms with Crippen LogP contribution in [0.15, 0.2) is 30.5 Å². The number of hydrogen-bond acceptors (Lipinski definition) is 6. The zero-order chi connectivity index (χ0) is 19.6. The van der Waals surface area contributed by atoms with E-state index in [1.54, 1.807) is 4.90 Å². The monoisotopic (exact) mass is 396 g/mol. The SMILES string of the molecule is CCN(c1nccc(C(=O)Nc2ccc(F)cc2F)n1)C1CCS(=O)(=O)C1. The lowest BCUT2D eigenvalue weighted by Crippen LogP contribution is -2.37. The van der Waals surface area contributed by atoms with E-state index < -0.39 is 27.4 Å². The highest BCUT2D eigenvalue weighted by atomic mass is 32.2. The van der Waals surface area contributed by atoms with Gasteiger partial charge in [0.2, 0.25) is 5.95 Å². The molecule has 7 nitrogen and oxygen atoms in total. The van der Waals surface area contributed by atoms with E-state index in [-0.39, 0.29) is 34.9 Å². The van der Waals surface area contributed by atoms with Crippen LogP contribution in [0, 0.1) is 11.6 Å². The van der Waals surface area contributed by atoms with E-state index in [9.17, 15) is 22.0 Å². The Bertz CT molecular complexity index is 968. The number of anilines is 2. The van der Waals surface area contributed by atoms with Crippen molar-refractivity contribution in [2.75, 3.05) is 28.3 Å². The van der Waals surface area contributed by atoms with Gasteiger partial charge in [-0.05, 0) is 31.5 Å². The molecule has 27 heavy (non-hydrogen) atoms. The van der Waals surface area contributed by atoms with Crippen molar-refractivity contribution in [1.82, 2.24) is 9.97 Å². The third-order valence-electron chi connectivity index (χ3n) is 4.30. The molecule has 1 aliphatic rings. The number of nitrogens with zero attached hydrogens (tertiary/aromatic N) is 3. The molecule has 1 aromatic heterocycles. The Kier molecular flexibility index (Phi) is 5.36. The topological polar surface area (TPSA) is 92.3 Å². The molecule has 0 aliphatic carbocycles. The summed E-state index contributed by atoms with van der Waals surface area (Å²) in [6.45, 7) is 2.31. The summed E-state index contributed by atoms with van der Waals surface area (Å²) in [6.07, 6.45) is 1.85. The zero-order valence-electron chi connectivity index (χ0n) is 14.5. The molecule has 1 saturated heterocycles. The van der Waals surface area contributed by atoms with Crippen LogP contribution in [0.4, 0.5) is 20.4 Å². The van der Waals surface area contributed by atoms with E-state index in [0.717, 1.165) is 12.1 Å². The van der Waals surface area contributed by atoms with Crippen LogP contribution in [0.5, 0.6) is 0 Å². The van der Waals surface area contributed by atoms with E-state index in [1.165, 1.54) is 12.3 Å². The molecule has 1 N–H and O–H groups in total. The number of halogens is 2. The largest absolute Gasteiger partial charge is 0.337 e. The van der Waals surface area contributed by atoms with Crippen LogP contribution in [0.25, 0.3) is 0 Å². The fourth-order valence-electron chi connectivity index (χ4n) is 2.97. The van der Waals surface area contributed by atoms with Gasteiger partial charge in [-0.3, -0.25) is 4.79 Å². The van der Waals surface area contributed by atoms with Gasteiger partial charge in [0.15, 0.2) is 9.84 Å². The molecule has 1 unspecified atom stereocenters. The van der Waals surface area contributed by atoms with Crippen molar-refractivity contribution in [3.8, 4) is 0 Å². The molecular weight excluding hydrogens is 378 g/mol. The summed E-state index contributed by atoms with van der Waals surface area (Å²) in [6, 6.07) is 3.92. The highest BCUT2D eigenvalue weighted by molar-refractivity contribution is 7.91. The first-order valence-electron chi connectivity index (χ1n) is 8.35. The first-order chi connectivity index (χ1) is 12.8. The third kappa shape index (κ3) is 4.38. The summed E-state index contributed by atoms with van der Waals surface area (Å²) in [5, 5.41) is 2.34. The summed E-state index contributed by atoms with van der Waals surface area (Å²) >= 11 is 0. The Hall–Kier alpha value is -2.62. The number of nitrogens with one attached hydrogen (secondary N) is 1. The van der Waals surface area contributed by atoms with Crippen molar-refractivity contribution < 1.29 is 22.0 Å². The maximum absolute atomic E-state index is 13.7. The second kappa shape index (κ2) is 7.55. The number of aromatic nitrogens is 2. The number of sulfone groups is 1. The Labute approximate surface area is 155 Å². The van der Waals surface area contributed by atoms with Gasteiger partial charge in [0, 0.05) is 24.8 Å². The van der Waals surface area contributed by atoms with Crippen molar-refractivity contribution in [2.24, 2.45) is 0 Å². The molecule has 1 aliphatic heterocycles. The van der Waals surface area contributed by atoms with Gasteiger partial charge in [-0.1, -0.05) is 0 Å². The van der Waals surface area contributed by atoms with Gasteiger partial charge >= 0.3 is 0 Å². The minimum absolute atomic E-state index is 0.0111. The van der Waals surface area contributed by atoms with E-state index in [1.807, 2.05) is 6.92 Å². The van der Waals surface area contributed by atoms with Gasteiger partial charge in [-0.25, -0.2) is 27.2 Å². The third-order valence-corrected chi connectivity index (χ3v) is 6.05. The molecule has 1 atom stereocenters. The molecule has 0 spiro atoms. The number of hydrogen-bond donors (Lipinski definition) is 1. The average molecular weight is 396 g/mol. The van der Waals surface area contributed by atoms with Crippen LogP contribution in [0.1, 0.15) is 23.8 Å². The molecule has 1 fully saturated rings. The van der Waals surface area contributed by atoms with Crippen LogP contribution < -0.4 is 10.2 Å². The average Bonchev–Trinajstić information content (AvgIpc) is 2.98. The number of carbonyl (C=O) groups excluding carboxylic acids is 1. The highest BCUT2D eigenvalue weighted by Gasteiger charge is 2.33. The van der Waals surface area contributed by atoms with Gasteiger partial charge in [-0.15, -0.1) is 0 Å². The maximum atomic E-state index is 13.7. The van der Waals surface area contributed by atoms with E-state index in [0.29, 0.717) is 19.0 Å². The summed E-state index contributed by atoms with van der Waals surface area (Å²) in [5.74, 6) is -1.98. The van der Waals surface area contributed by atoms with E-state index in [2.05, 4.69) is 15.3 Å². The predicted molar refractivity (Wildman–Crippen MR) is 96.4 cm³/mol. The lowest BCUT2D eigenvalue weighted by Gasteiger charge is -2.26. The van der Waals surface area contributed by atoms with Crippen molar-refractivity contribution in [2.45, 2.75) is 19.4 Å². The van der Waals surface area contributed by atoms with Gasteiger partial charge < -0.3 is 10.2 Å². The molecule has 10 heteroatoms. The van der Waals surface area contributed by atoms with E-state index in [4.69, 9.17) is 0 Å². The smallest absolute Gasteiger partial charge is 0.274 e. The Morgan fingerprint density at radius 2 is 2.11 bits per heavy atom. The molecule has 144 valence electrons. The molecule has 0 bridgehead atoms. The van der Waals surface area contributed by atoms with Crippen molar-refractivity contribution >= 4 is 27.4 Å². The molecule has 0 saturated carbocycles. The van der Waals surface area contributed by atoms with Gasteiger partial charge in [-0.2, -0.15) is 0 Å². The van der Waals surface area contributed by atoms with Crippen LogP contribution >= 0.6 is 0 Å². The maximum Gasteiger partial charge on any atom is 0.274 e. The first-order valence-corrected chi connectivity index (χ1v) is 10.2. The second-order valence-corrected chi connectivity index (χ2v) is 8.39. The number of rotatable bonds is 5. The van der Waals surface area contributed by atoms with Crippen LogP contribution in [-0.4, -0.2) is 48.4 Å². The Balaban J connectivity index is 1.80. The van der Waals surface area contributed by atoms with Crippen molar-refractivity contribution in [1.29, 1.82) is 0 Å². The lowest BCUT2D eigenvalue weighted by molar-refractivity contribution is 0.102. The van der Waals surface area contributed by atoms with Crippen LogP contribution in [0.2, 0.25) is 0 Å². The number of amides is 1. The predicted octanol–water partition coefficient (Wildman–Crippen LogP) is 2.02. The highest BCUT2D eigenvalue weighted by Crippen LogP contribution is 2.22. The molecule has 2 aromatic rings. The van der Waals surface area contributed by atoms with Crippen LogP contribution in [-0.2, 0) is 9.84 Å². The molecule has 0 radical (unpaired) electrons. The van der Waals surface area contributed by atoms with Gasteiger partial charge in [0.1, 0.15) is 17.3 Å². The summed E-state index contributed by atoms with van der Waals surface area (Å²) in [4.78, 5) is 22.4. The van der Waals surface area contributed by atoms with Crippen LogP contribution in [0.3, 0.4) is 0 Å². The summed E-state index contributed by atoms with van der Waals surface area (Å²) in [7, 11) is -3.08. The molecule has 3 rings (SSSR count). The zero-order valence-corrected chi connectivity index (χ0v) is 15.3. The molecule has 1 amide bonds. The fraction of sp³-hybridized carbons (Fsp3) is 0.353. The second-order valence-electron chi connectivity index (χ2n) is 6.16. The number of benzene rings is 1. The van der Waals surface area contributed by atoms with Crippen molar-refractivity contribution in [3.05, 3.63) is 47.8 Å². The minimum Gasteiger partial charge on any atom is -0.337 e. The number of carbonyl (C=O) groups is 1. The Morgan fingerprint density at radius 3 is 2.74 bits per heavy atom.